The predicted octanol–water partition coefficient (Wildman–Crippen LogP) is 3.32. The maximum atomic E-state index is 3.59. The van der Waals surface area contributed by atoms with Crippen molar-refractivity contribution in [3.8, 4) is 0 Å². The van der Waals surface area contributed by atoms with E-state index in [1.165, 1.54) is 37.3 Å². The van der Waals surface area contributed by atoms with Gasteiger partial charge in [-0.25, -0.2) is 0 Å². The van der Waals surface area contributed by atoms with Gasteiger partial charge in [-0.05, 0) is 55.5 Å². The SMILES string of the molecule is CCc1ccc(N2CCC(CNCC(C)C)C2)cc1. The first-order valence-corrected chi connectivity index (χ1v) is 7.73. The third kappa shape index (κ3) is 4.24. The molecule has 0 amide bonds. The van der Waals surface area contributed by atoms with Crippen LogP contribution in [0.1, 0.15) is 32.8 Å². The average Bonchev–Trinajstić information content (AvgIpc) is 2.87. The minimum Gasteiger partial charge on any atom is -0.371 e. The Balaban J connectivity index is 1.80. The summed E-state index contributed by atoms with van der Waals surface area (Å²) in [5, 5.41) is 3.59. The normalized spacial score (nSPS) is 19.4. The Hall–Kier alpha value is -1.02. The Morgan fingerprint density at radius 2 is 2.00 bits per heavy atom. The second-order valence-electron chi connectivity index (χ2n) is 6.17. The molecule has 1 unspecified atom stereocenters. The van der Waals surface area contributed by atoms with Gasteiger partial charge in [-0.15, -0.1) is 0 Å². The summed E-state index contributed by atoms with van der Waals surface area (Å²) in [6, 6.07) is 9.09. The molecule has 2 rings (SSSR count). The quantitative estimate of drug-likeness (QED) is 0.844. The Morgan fingerprint density at radius 1 is 1.26 bits per heavy atom. The van der Waals surface area contributed by atoms with E-state index >= 15 is 0 Å². The van der Waals surface area contributed by atoms with Crippen LogP contribution in [-0.2, 0) is 6.42 Å². The molecule has 1 N–H and O–H groups in total. The van der Waals surface area contributed by atoms with Crippen LogP contribution in [0.15, 0.2) is 24.3 Å². The summed E-state index contributed by atoms with van der Waals surface area (Å²) in [6.07, 6.45) is 2.45. The number of rotatable bonds is 6. The molecule has 19 heavy (non-hydrogen) atoms. The van der Waals surface area contributed by atoms with Gasteiger partial charge in [0.1, 0.15) is 0 Å². The van der Waals surface area contributed by atoms with Crippen molar-refractivity contribution in [1.82, 2.24) is 5.32 Å². The number of hydrogen-bond donors (Lipinski definition) is 1. The zero-order valence-electron chi connectivity index (χ0n) is 12.7. The first kappa shape index (κ1) is 14.4. The number of hydrogen-bond acceptors (Lipinski definition) is 2. The van der Waals surface area contributed by atoms with Crippen molar-refractivity contribution >= 4 is 5.69 Å². The molecular weight excluding hydrogens is 232 g/mol. The van der Waals surface area contributed by atoms with Crippen LogP contribution < -0.4 is 10.2 Å². The van der Waals surface area contributed by atoms with Crippen LogP contribution in [0.25, 0.3) is 0 Å². The molecule has 106 valence electrons. The smallest absolute Gasteiger partial charge is 0.0366 e. The number of nitrogens with zero attached hydrogens (tertiary/aromatic N) is 1. The van der Waals surface area contributed by atoms with E-state index in [0.717, 1.165) is 24.8 Å². The van der Waals surface area contributed by atoms with Crippen LogP contribution in [0.2, 0.25) is 0 Å². The minimum absolute atomic E-state index is 0.749. The predicted molar refractivity (Wildman–Crippen MR) is 83.8 cm³/mol. The fourth-order valence-corrected chi connectivity index (χ4v) is 2.75. The zero-order valence-corrected chi connectivity index (χ0v) is 12.7. The van der Waals surface area contributed by atoms with Gasteiger partial charge in [-0.2, -0.15) is 0 Å². The number of benzene rings is 1. The van der Waals surface area contributed by atoms with Gasteiger partial charge in [0, 0.05) is 18.8 Å². The fourth-order valence-electron chi connectivity index (χ4n) is 2.75. The molecule has 2 heteroatoms. The second kappa shape index (κ2) is 6.95. The molecule has 1 aliphatic rings. The molecule has 0 spiro atoms. The van der Waals surface area contributed by atoms with Gasteiger partial charge in [0.2, 0.25) is 0 Å². The largest absolute Gasteiger partial charge is 0.371 e. The van der Waals surface area contributed by atoms with Gasteiger partial charge in [0.15, 0.2) is 0 Å². The lowest BCUT2D eigenvalue weighted by Gasteiger charge is -2.19. The molecule has 1 aromatic carbocycles. The lowest BCUT2D eigenvalue weighted by atomic mass is 10.1. The average molecular weight is 260 g/mol. The Bertz CT molecular complexity index is 369. The molecule has 1 saturated heterocycles. The molecule has 0 radical (unpaired) electrons. The van der Waals surface area contributed by atoms with Gasteiger partial charge in [0.25, 0.3) is 0 Å². The molecule has 1 aromatic rings. The van der Waals surface area contributed by atoms with Gasteiger partial charge < -0.3 is 10.2 Å². The number of aryl methyl sites for hydroxylation is 1. The minimum atomic E-state index is 0.749. The molecule has 0 aliphatic carbocycles. The van der Waals surface area contributed by atoms with E-state index in [1.54, 1.807) is 0 Å². The lowest BCUT2D eigenvalue weighted by Crippen LogP contribution is -2.28. The summed E-state index contributed by atoms with van der Waals surface area (Å²) >= 11 is 0. The van der Waals surface area contributed by atoms with Gasteiger partial charge >= 0.3 is 0 Å². The van der Waals surface area contributed by atoms with Crippen LogP contribution in [0.5, 0.6) is 0 Å². The van der Waals surface area contributed by atoms with E-state index in [-0.39, 0.29) is 0 Å². The Morgan fingerprint density at radius 3 is 2.63 bits per heavy atom. The molecule has 0 aromatic heterocycles. The van der Waals surface area contributed by atoms with Crippen molar-refractivity contribution in [2.24, 2.45) is 11.8 Å². The molecule has 1 fully saturated rings. The molecular formula is C17H28N2. The maximum absolute atomic E-state index is 3.59. The van der Waals surface area contributed by atoms with Crippen LogP contribution in [0.3, 0.4) is 0 Å². The van der Waals surface area contributed by atoms with Crippen molar-refractivity contribution in [2.45, 2.75) is 33.6 Å². The third-order valence-corrected chi connectivity index (χ3v) is 3.98. The van der Waals surface area contributed by atoms with E-state index in [0.29, 0.717) is 0 Å². The van der Waals surface area contributed by atoms with Crippen LogP contribution in [-0.4, -0.2) is 26.2 Å². The van der Waals surface area contributed by atoms with E-state index in [1.807, 2.05) is 0 Å². The fraction of sp³-hybridized carbons (Fsp3) is 0.647. The van der Waals surface area contributed by atoms with E-state index in [2.05, 4.69) is 55.3 Å². The van der Waals surface area contributed by atoms with Crippen LogP contribution >= 0.6 is 0 Å². The third-order valence-electron chi connectivity index (χ3n) is 3.98. The van der Waals surface area contributed by atoms with E-state index in [4.69, 9.17) is 0 Å². The van der Waals surface area contributed by atoms with Crippen LogP contribution in [0.4, 0.5) is 5.69 Å². The zero-order chi connectivity index (χ0) is 13.7. The molecule has 1 atom stereocenters. The lowest BCUT2D eigenvalue weighted by molar-refractivity contribution is 0.477. The highest BCUT2D eigenvalue weighted by atomic mass is 15.2. The molecule has 0 bridgehead atoms. The van der Waals surface area contributed by atoms with Crippen molar-refractivity contribution in [3.05, 3.63) is 29.8 Å². The highest BCUT2D eigenvalue weighted by Gasteiger charge is 2.22. The first-order chi connectivity index (χ1) is 9.19. The van der Waals surface area contributed by atoms with E-state index in [9.17, 15) is 0 Å². The summed E-state index contributed by atoms with van der Waals surface area (Å²) in [4.78, 5) is 2.53. The van der Waals surface area contributed by atoms with Gasteiger partial charge in [0.05, 0.1) is 0 Å². The first-order valence-electron chi connectivity index (χ1n) is 7.73. The Kier molecular flexibility index (Phi) is 5.26. The number of anilines is 1. The molecule has 0 saturated carbocycles. The Labute approximate surface area is 118 Å². The summed E-state index contributed by atoms with van der Waals surface area (Å²) in [7, 11) is 0. The maximum Gasteiger partial charge on any atom is 0.0366 e. The van der Waals surface area contributed by atoms with Crippen molar-refractivity contribution in [3.63, 3.8) is 0 Å². The summed E-state index contributed by atoms with van der Waals surface area (Å²) < 4.78 is 0. The van der Waals surface area contributed by atoms with Crippen LogP contribution in [0, 0.1) is 11.8 Å². The number of nitrogens with one attached hydrogen (secondary N) is 1. The monoisotopic (exact) mass is 260 g/mol. The van der Waals surface area contributed by atoms with Gasteiger partial charge in [-0.3, -0.25) is 0 Å². The highest BCUT2D eigenvalue weighted by molar-refractivity contribution is 5.48. The second-order valence-corrected chi connectivity index (χ2v) is 6.17. The van der Waals surface area contributed by atoms with Crippen molar-refractivity contribution in [1.29, 1.82) is 0 Å². The molecule has 2 nitrogen and oxygen atoms in total. The van der Waals surface area contributed by atoms with Crippen molar-refractivity contribution in [2.75, 3.05) is 31.1 Å². The standard InChI is InChI=1S/C17H28N2/c1-4-15-5-7-17(8-6-15)19-10-9-16(13-19)12-18-11-14(2)3/h5-8,14,16,18H,4,9-13H2,1-3H3. The van der Waals surface area contributed by atoms with Gasteiger partial charge in [-0.1, -0.05) is 32.9 Å². The van der Waals surface area contributed by atoms with E-state index < -0.39 is 0 Å². The summed E-state index contributed by atoms with van der Waals surface area (Å²) in [5.74, 6) is 1.56. The molecule has 1 heterocycles. The highest BCUT2D eigenvalue weighted by Crippen LogP contribution is 2.23. The summed E-state index contributed by atoms with van der Waals surface area (Å²) in [5.41, 5.74) is 2.82. The molecule has 1 aliphatic heterocycles. The topological polar surface area (TPSA) is 15.3 Å². The van der Waals surface area contributed by atoms with Crippen molar-refractivity contribution < 1.29 is 0 Å². The summed E-state index contributed by atoms with van der Waals surface area (Å²) in [6.45, 7) is 11.5.